The molecule has 2 aliphatic rings. The van der Waals surface area contributed by atoms with Gasteiger partial charge < -0.3 is 20.4 Å². The molecule has 2 rings (SSSR count). The fourth-order valence-corrected chi connectivity index (χ4v) is 2.28. The SMILES string of the molecule is C=C1C(=C(O)CC(O)=C2C=CC(=O)C(O)C2=C)C=CC(=O)C1O. The van der Waals surface area contributed by atoms with Crippen LogP contribution in [-0.2, 0) is 9.59 Å². The van der Waals surface area contributed by atoms with Crippen LogP contribution in [0.4, 0.5) is 0 Å². The van der Waals surface area contributed by atoms with Crippen LogP contribution in [0.3, 0.4) is 0 Å². The number of allylic oxidation sites excluding steroid dienone is 2. The van der Waals surface area contributed by atoms with E-state index in [9.17, 15) is 30.0 Å². The first kappa shape index (κ1) is 16.7. The Balaban J connectivity index is 2.35. The first-order chi connectivity index (χ1) is 10.7. The summed E-state index contributed by atoms with van der Waals surface area (Å²) in [6.07, 6.45) is 1.61. The molecule has 2 unspecified atom stereocenters. The molecule has 0 saturated carbocycles. The smallest absolute Gasteiger partial charge is 0.188 e. The topological polar surface area (TPSA) is 115 Å². The lowest BCUT2D eigenvalue weighted by Gasteiger charge is -2.20. The van der Waals surface area contributed by atoms with E-state index in [-0.39, 0.29) is 40.2 Å². The minimum absolute atomic E-state index is 0.0287. The molecule has 0 heterocycles. The molecule has 4 N–H and O–H groups in total. The third kappa shape index (κ3) is 3.08. The summed E-state index contributed by atoms with van der Waals surface area (Å²) in [5.74, 6) is -1.70. The highest BCUT2D eigenvalue weighted by atomic mass is 16.3. The third-order valence-corrected chi connectivity index (χ3v) is 3.68. The van der Waals surface area contributed by atoms with Crippen LogP contribution in [0.1, 0.15) is 6.42 Å². The second kappa shape index (κ2) is 6.20. The lowest BCUT2D eigenvalue weighted by atomic mass is 9.89. The molecule has 2 aliphatic carbocycles. The number of hydrogen-bond donors (Lipinski definition) is 4. The molecule has 0 aromatic carbocycles. The van der Waals surface area contributed by atoms with Gasteiger partial charge in [0.05, 0.1) is 6.42 Å². The summed E-state index contributed by atoms with van der Waals surface area (Å²) in [7, 11) is 0. The van der Waals surface area contributed by atoms with E-state index in [1.807, 2.05) is 0 Å². The Morgan fingerprint density at radius 1 is 0.826 bits per heavy atom. The number of carbonyl (C=O) groups excluding carboxylic acids is 2. The third-order valence-electron chi connectivity index (χ3n) is 3.68. The van der Waals surface area contributed by atoms with Crippen LogP contribution in [0.15, 0.2) is 71.3 Å². The second-order valence-electron chi connectivity index (χ2n) is 5.22. The molecule has 0 fully saturated rings. The fourth-order valence-electron chi connectivity index (χ4n) is 2.28. The molecule has 0 aliphatic heterocycles. The van der Waals surface area contributed by atoms with Gasteiger partial charge in [-0.25, -0.2) is 0 Å². The monoisotopic (exact) mass is 316 g/mol. The number of hydrogen-bond acceptors (Lipinski definition) is 6. The van der Waals surface area contributed by atoms with E-state index in [0.717, 1.165) is 12.2 Å². The first-order valence-corrected chi connectivity index (χ1v) is 6.76. The quantitative estimate of drug-likeness (QED) is 0.567. The Kier molecular flexibility index (Phi) is 4.49. The van der Waals surface area contributed by atoms with E-state index < -0.39 is 23.8 Å². The molecule has 120 valence electrons. The van der Waals surface area contributed by atoms with Crippen LogP contribution < -0.4 is 0 Å². The van der Waals surface area contributed by atoms with Crippen molar-refractivity contribution in [1.29, 1.82) is 0 Å². The summed E-state index contributed by atoms with van der Waals surface area (Å²) in [6.45, 7) is 7.10. The second-order valence-corrected chi connectivity index (χ2v) is 5.22. The van der Waals surface area contributed by atoms with E-state index in [0.29, 0.717) is 0 Å². The zero-order valence-corrected chi connectivity index (χ0v) is 12.2. The maximum absolute atomic E-state index is 11.3. The summed E-state index contributed by atoms with van der Waals surface area (Å²) >= 11 is 0. The van der Waals surface area contributed by atoms with Crippen molar-refractivity contribution in [3.8, 4) is 0 Å². The standard InChI is InChI=1S/C17H16O6/c1-8-10(3-5-12(18)16(8)22)14(20)7-15(21)11-4-6-13(19)17(23)9(11)2/h3-6,16-17,20-23H,1-2,7H2. The highest BCUT2D eigenvalue weighted by Gasteiger charge is 2.27. The summed E-state index contributed by atoms with van der Waals surface area (Å²) in [5, 5.41) is 39.5. The lowest BCUT2D eigenvalue weighted by Crippen LogP contribution is -2.25. The maximum atomic E-state index is 11.3. The van der Waals surface area contributed by atoms with Crippen LogP contribution in [-0.4, -0.2) is 44.2 Å². The summed E-state index contributed by atoms with van der Waals surface area (Å²) < 4.78 is 0. The largest absolute Gasteiger partial charge is 0.511 e. The molecule has 0 radical (unpaired) electrons. The number of aliphatic hydroxyl groups excluding tert-OH is 4. The highest BCUT2D eigenvalue weighted by Crippen LogP contribution is 2.29. The van der Waals surface area contributed by atoms with Crippen molar-refractivity contribution in [3.63, 3.8) is 0 Å². The van der Waals surface area contributed by atoms with Crippen molar-refractivity contribution >= 4 is 11.6 Å². The Bertz CT molecular complexity index is 670. The van der Waals surface area contributed by atoms with Gasteiger partial charge in [-0.2, -0.15) is 0 Å². The molecule has 0 spiro atoms. The van der Waals surface area contributed by atoms with Crippen molar-refractivity contribution in [2.75, 3.05) is 0 Å². The molecule has 0 saturated heterocycles. The molecule has 2 atom stereocenters. The molecule has 23 heavy (non-hydrogen) atoms. The van der Waals surface area contributed by atoms with Gasteiger partial charge in [0, 0.05) is 11.1 Å². The molecule has 0 bridgehead atoms. The van der Waals surface area contributed by atoms with Gasteiger partial charge in [0.1, 0.15) is 23.7 Å². The van der Waals surface area contributed by atoms with Gasteiger partial charge in [-0.3, -0.25) is 9.59 Å². The molecule has 0 aromatic heterocycles. The van der Waals surface area contributed by atoms with Gasteiger partial charge in [0.2, 0.25) is 0 Å². The van der Waals surface area contributed by atoms with Gasteiger partial charge >= 0.3 is 0 Å². The van der Waals surface area contributed by atoms with Gasteiger partial charge in [-0.05, 0) is 35.5 Å². The van der Waals surface area contributed by atoms with Crippen LogP contribution in [0.25, 0.3) is 0 Å². The fraction of sp³-hybridized carbons (Fsp3) is 0.176. The molecule has 0 aromatic rings. The normalized spacial score (nSPS) is 29.1. The first-order valence-electron chi connectivity index (χ1n) is 6.76. The zero-order chi connectivity index (χ0) is 17.3. The maximum Gasteiger partial charge on any atom is 0.188 e. The minimum atomic E-state index is -1.43. The Labute approximate surface area is 132 Å². The van der Waals surface area contributed by atoms with Crippen molar-refractivity contribution in [1.82, 2.24) is 0 Å². The van der Waals surface area contributed by atoms with E-state index in [1.165, 1.54) is 12.2 Å². The average molecular weight is 316 g/mol. The number of aliphatic hydroxyl groups is 4. The van der Waals surface area contributed by atoms with Crippen LogP contribution in [0.2, 0.25) is 0 Å². The predicted octanol–water partition coefficient (Wildman–Crippen LogP) is 1.11. The number of carbonyl (C=O) groups is 2. The van der Waals surface area contributed by atoms with Gasteiger partial charge in [0.15, 0.2) is 11.6 Å². The molecule has 6 heteroatoms. The van der Waals surface area contributed by atoms with Gasteiger partial charge in [0.25, 0.3) is 0 Å². The van der Waals surface area contributed by atoms with Crippen molar-refractivity contribution < 1.29 is 30.0 Å². The Hall–Kier alpha value is -2.70. The van der Waals surface area contributed by atoms with Gasteiger partial charge in [-0.1, -0.05) is 13.2 Å². The predicted molar refractivity (Wildman–Crippen MR) is 82.5 cm³/mol. The number of rotatable bonds is 2. The van der Waals surface area contributed by atoms with Crippen molar-refractivity contribution in [3.05, 3.63) is 71.3 Å². The summed E-state index contributed by atoms with van der Waals surface area (Å²) in [4.78, 5) is 22.6. The van der Waals surface area contributed by atoms with Crippen molar-refractivity contribution in [2.45, 2.75) is 18.6 Å². The van der Waals surface area contributed by atoms with E-state index in [2.05, 4.69) is 13.2 Å². The lowest BCUT2D eigenvalue weighted by molar-refractivity contribution is -0.121. The van der Waals surface area contributed by atoms with Gasteiger partial charge in [-0.15, -0.1) is 0 Å². The Morgan fingerprint density at radius 2 is 1.17 bits per heavy atom. The molecule has 6 nitrogen and oxygen atoms in total. The summed E-state index contributed by atoms with van der Waals surface area (Å²) in [6, 6.07) is 0. The van der Waals surface area contributed by atoms with Crippen molar-refractivity contribution in [2.24, 2.45) is 0 Å². The molecule has 0 amide bonds. The van der Waals surface area contributed by atoms with E-state index in [4.69, 9.17) is 0 Å². The van der Waals surface area contributed by atoms with Crippen LogP contribution >= 0.6 is 0 Å². The van der Waals surface area contributed by atoms with E-state index >= 15 is 0 Å². The zero-order valence-electron chi connectivity index (χ0n) is 12.2. The highest BCUT2D eigenvalue weighted by molar-refractivity contribution is 5.99. The molecular weight excluding hydrogens is 300 g/mol. The van der Waals surface area contributed by atoms with Crippen LogP contribution in [0, 0.1) is 0 Å². The minimum Gasteiger partial charge on any atom is -0.511 e. The Morgan fingerprint density at radius 3 is 1.52 bits per heavy atom. The summed E-state index contributed by atoms with van der Waals surface area (Å²) in [5.41, 5.74) is 0.347. The average Bonchev–Trinajstić information content (AvgIpc) is 2.50. The molecular formula is C17H16O6. The number of ketones is 2. The van der Waals surface area contributed by atoms with E-state index in [1.54, 1.807) is 0 Å². The van der Waals surface area contributed by atoms with Crippen LogP contribution in [0.5, 0.6) is 0 Å².